The van der Waals surface area contributed by atoms with Gasteiger partial charge in [0, 0.05) is 18.7 Å². The molecule has 112 valence electrons. The maximum absolute atomic E-state index is 12.1. The zero-order valence-electron chi connectivity index (χ0n) is 11.3. The van der Waals surface area contributed by atoms with Crippen molar-refractivity contribution < 1.29 is 13.6 Å². The number of nitrogens with zero attached hydrogens (tertiary/aromatic N) is 2. The number of hydrogen-bond donors (Lipinski definition) is 3. The number of amidine groups is 1. The van der Waals surface area contributed by atoms with E-state index >= 15 is 0 Å². The molecule has 0 amide bonds. The number of nitrogens with one attached hydrogen (secondary N) is 1. The molecule has 0 heterocycles. The quantitative estimate of drug-likeness (QED) is 0.330. The van der Waals surface area contributed by atoms with Crippen LogP contribution >= 0.6 is 11.6 Å². The molecule has 0 bridgehead atoms. The summed E-state index contributed by atoms with van der Waals surface area (Å²) >= 11 is 5.95. The van der Waals surface area contributed by atoms with Crippen LogP contribution in [0.3, 0.4) is 0 Å². The van der Waals surface area contributed by atoms with Gasteiger partial charge in [-0.15, -0.1) is 0 Å². The Morgan fingerprint density at radius 1 is 1.50 bits per heavy atom. The molecular weight excluding hydrogens is 304 g/mol. The second-order valence-corrected chi connectivity index (χ2v) is 6.53. The van der Waals surface area contributed by atoms with E-state index in [1.165, 1.54) is 29.6 Å². The second kappa shape index (κ2) is 6.29. The predicted molar refractivity (Wildman–Crippen MR) is 79.4 cm³/mol. The van der Waals surface area contributed by atoms with Crippen LogP contribution in [0.25, 0.3) is 0 Å². The first kappa shape index (κ1) is 16.5. The summed E-state index contributed by atoms with van der Waals surface area (Å²) in [6.45, 7) is 3.49. The highest BCUT2D eigenvalue weighted by Crippen LogP contribution is 2.25. The van der Waals surface area contributed by atoms with E-state index in [1.807, 2.05) is 0 Å². The number of oxime groups is 1. The highest BCUT2D eigenvalue weighted by molar-refractivity contribution is 7.90. The predicted octanol–water partition coefficient (Wildman–Crippen LogP) is 1.43. The highest BCUT2D eigenvalue weighted by atomic mass is 35.5. The van der Waals surface area contributed by atoms with Crippen molar-refractivity contribution in [1.82, 2.24) is 4.31 Å². The lowest BCUT2D eigenvalue weighted by atomic mass is 10.2. The summed E-state index contributed by atoms with van der Waals surface area (Å²) in [5.74, 6) is -0.140. The maximum atomic E-state index is 12.1. The molecule has 20 heavy (non-hydrogen) atoms. The third kappa shape index (κ3) is 3.75. The van der Waals surface area contributed by atoms with Crippen molar-refractivity contribution >= 4 is 33.3 Å². The summed E-state index contributed by atoms with van der Waals surface area (Å²) in [7, 11) is -2.28. The molecule has 0 saturated carbocycles. The summed E-state index contributed by atoms with van der Waals surface area (Å²) < 4.78 is 27.7. The van der Waals surface area contributed by atoms with Crippen LogP contribution in [0.1, 0.15) is 19.4 Å². The molecule has 0 spiro atoms. The van der Waals surface area contributed by atoms with Gasteiger partial charge in [0.25, 0.3) is 0 Å². The lowest BCUT2D eigenvalue weighted by molar-refractivity contribution is 0.318. The van der Waals surface area contributed by atoms with Gasteiger partial charge in [0.1, 0.15) is 0 Å². The largest absolute Gasteiger partial charge is 0.409 e. The molecule has 1 rings (SSSR count). The summed E-state index contributed by atoms with van der Waals surface area (Å²) in [6, 6.07) is 4.16. The van der Waals surface area contributed by atoms with E-state index in [1.54, 1.807) is 13.8 Å². The van der Waals surface area contributed by atoms with E-state index in [4.69, 9.17) is 22.5 Å². The third-order valence-electron chi connectivity index (χ3n) is 2.72. The number of benzene rings is 1. The standard InChI is InChI=1S/C11H17ClN4O3S/c1-7(2)16(3)20(18,19)15-10-6-8(11(13)14-17)4-5-9(10)12/h4-7,15,17H,1-3H3,(H2,13,14). The van der Waals surface area contributed by atoms with Crippen molar-refractivity contribution in [2.45, 2.75) is 19.9 Å². The van der Waals surface area contributed by atoms with Crippen LogP contribution in [0.15, 0.2) is 23.4 Å². The average Bonchev–Trinajstić information content (AvgIpc) is 2.39. The molecule has 7 nitrogen and oxygen atoms in total. The summed E-state index contributed by atoms with van der Waals surface area (Å²) in [4.78, 5) is 0. The Morgan fingerprint density at radius 3 is 2.60 bits per heavy atom. The lowest BCUT2D eigenvalue weighted by Crippen LogP contribution is -2.37. The molecule has 0 unspecified atom stereocenters. The summed E-state index contributed by atoms with van der Waals surface area (Å²) in [5.41, 5.74) is 5.96. The van der Waals surface area contributed by atoms with E-state index < -0.39 is 10.2 Å². The summed E-state index contributed by atoms with van der Waals surface area (Å²) in [5, 5.41) is 11.7. The Kier molecular flexibility index (Phi) is 5.21. The minimum Gasteiger partial charge on any atom is -0.409 e. The van der Waals surface area contributed by atoms with Crippen molar-refractivity contribution in [1.29, 1.82) is 0 Å². The fourth-order valence-corrected chi connectivity index (χ4v) is 2.68. The normalized spacial score (nSPS) is 13.0. The minimum atomic E-state index is -3.73. The van der Waals surface area contributed by atoms with Crippen LogP contribution in [-0.2, 0) is 10.2 Å². The zero-order chi connectivity index (χ0) is 15.5. The minimum absolute atomic E-state index is 0.140. The van der Waals surface area contributed by atoms with E-state index in [0.29, 0.717) is 5.56 Å². The molecule has 0 fully saturated rings. The first-order valence-electron chi connectivity index (χ1n) is 5.72. The summed E-state index contributed by atoms with van der Waals surface area (Å²) in [6.07, 6.45) is 0. The van der Waals surface area contributed by atoms with Gasteiger partial charge in [0.15, 0.2) is 5.84 Å². The van der Waals surface area contributed by atoms with Gasteiger partial charge in [-0.2, -0.15) is 12.7 Å². The maximum Gasteiger partial charge on any atom is 0.301 e. The van der Waals surface area contributed by atoms with Gasteiger partial charge in [0.2, 0.25) is 0 Å². The number of anilines is 1. The Morgan fingerprint density at radius 2 is 2.10 bits per heavy atom. The van der Waals surface area contributed by atoms with Crippen LogP contribution in [-0.4, -0.2) is 36.9 Å². The first-order chi connectivity index (χ1) is 9.19. The van der Waals surface area contributed by atoms with E-state index in [9.17, 15) is 8.42 Å². The van der Waals surface area contributed by atoms with Crippen molar-refractivity contribution in [2.75, 3.05) is 11.8 Å². The molecule has 0 aliphatic carbocycles. The zero-order valence-corrected chi connectivity index (χ0v) is 12.9. The molecule has 4 N–H and O–H groups in total. The number of halogens is 1. The Hall–Kier alpha value is -1.51. The van der Waals surface area contributed by atoms with E-state index in [2.05, 4.69) is 9.88 Å². The molecule has 0 aromatic heterocycles. The van der Waals surface area contributed by atoms with E-state index in [-0.39, 0.29) is 22.6 Å². The fourth-order valence-electron chi connectivity index (χ4n) is 1.31. The van der Waals surface area contributed by atoms with Crippen LogP contribution in [0.2, 0.25) is 5.02 Å². The smallest absolute Gasteiger partial charge is 0.301 e. The number of rotatable bonds is 5. The van der Waals surface area contributed by atoms with Gasteiger partial charge in [0.05, 0.1) is 10.7 Å². The lowest BCUT2D eigenvalue weighted by Gasteiger charge is -2.22. The van der Waals surface area contributed by atoms with Gasteiger partial charge in [-0.1, -0.05) is 16.8 Å². The van der Waals surface area contributed by atoms with Crippen molar-refractivity contribution in [3.05, 3.63) is 28.8 Å². The average molecular weight is 321 g/mol. The topological polar surface area (TPSA) is 108 Å². The molecule has 0 radical (unpaired) electrons. The van der Waals surface area contributed by atoms with Gasteiger partial charge >= 0.3 is 10.2 Å². The first-order valence-corrected chi connectivity index (χ1v) is 7.54. The molecule has 0 aliphatic rings. The molecule has 0 aliphatic heterocycles. The van der Waals surface area contributed by atoms with Crippen molar-refractivity contribution in [3.63, 3.8) is 0 Å². The van der Waals surface area contributed by atoms with Crippen LogP contribution < -0.4 is 10.5 Å². The Labute approximate surface area is 123 Å². The Bertz CT molecular complexity index is 616. The van der Waals surface area contributed by atoms with Crippen LogP contribution in [0.5, 0.6) is 0 Å². The van der Waals surface area contributed by atoms with Gasteiger partial charge in [-0.3, -0.25) is 4.72 Å². The Balaban J connectivity index is 3.15. The molecule has 1 aromatic rings. The van der Waals surface area contributed by atoms with Crippen molar-refractivity contribution in [3.8, 4) is 0 Å². The molecule has 9 heteroatoms. The molecule has 0 atom stereocenters. The molecule has 0 saturated heterocycles. The van der Waals surface area contributed by atoms with Gasteiger partial charge < -0.3 is 10.9 Å². The van der Waals surface area contributed by atoms with Gasteiger partial charge in [-0.25, -0.2) is 0 Å². The number of hydrogen-bond acceptors (Lipinski definition) is 4. The number of nitrogens with two attached hydrogens (primary N) is 1. The SMILES string of the molecule is CC(C)N(C)S(=O)(=O)Nc1cc(/C(N)=N/O)ccc1Cl. The van der Waals surface area contributed by atoms with Crippen LogP contribution in [0, 0.1) is 0 Å². The molecule has 1 aromatic carbocycles. The molecular formula is C11H17ClN4O3S. The fraction of sp³-hybridized carbons (Fsp3) is 0.364. The highest BCUT2D eigenvalue weighted by Gasteiger charge is 2.21. The van der Waals surface area contributed by atoms with Gasteiger partial charge in [-0.05, 0) is 32.0 Å². The second-order valence-electron chi connectivity index (χ2n) is 4.40. The third-order valence-corrected chi connectivity index (χ3v) is 4.70. The monoisotopic (exact) mass is 320 g/mol. The van der Waals surface area contributed by atoms with Crippen LogP contribution in [0.4, 0.5) is 5.69 Å². The van der Waals surface area contributed by atoms with Crippen molar-refractivity contribution in [2.24, 2.45) is 10.9 Å². The van der Waals surface area contributed by atoms with E-state index in [0.717, 1.165) is 0 Å².